The van der Waals surface area contributed by atoms with Crippen LogP contribution in [-0.4, -0.2) is 28.9 Å². The Hall–Kier alpha value is -3.28. The van der Waals surface area contributed by atoms with Crippen LogP contribution in [0.4, 0.5) is 5.69 Å². The fourth-order valence-electron chi connectivity index (χ4n) is 2.53. The van der Waals surface area contributed by atoms with Crippen LogP contribution >= 0.6 is 0 Å². The number of aromatic nitrogens is 2. The molecule has 134 valence electrons. The van der Waals surface area contributed by atoms with Gasteiger partial charge in [0, 0.05) is 24.0 Å². The van der Waals surface area contributed by atoms with E-state index in [1.807, 2.05) is 44.3 Å². The summed E-state index contributed by atoms with van der Waals surface area (Å²) in [6.45, 7) is 4.87. The molecule has 0 unspecified atom stereocenters. The van der Waals surface area contributed by atoms with Crippen molar-refractivity contribution in [1.29, 1.82) is 0 Å². The van der Waals surface area contributed by atoms with Crippen molar-refractivity contribution in [2.45, 2.75) is 13.8 Å². The second-order valence-corrected chi connectivity index (χ2v) is 5.48. The molecule has 6 heteroatoms. The molecule has 26 heavy (non-hydrogen) atoms. The van der Waals surface area contributed by atoms with Crippen LogP contribution in [0.15, 0.2) is 60.9 Å². The number of nitrogens with one attached hydrogen (secondary N) is 1. The average molecular weight is 351 g/mol. The predicted molar refractivity (Wildman–Crippen MR) is 100 cm³/mol. The van der Waals surface area contributed by atoms with Gasteiger partial charge in [-0.3, -0.25) is 4.79 Å². The molecule has 3 aromatic rings. The molecule has 0 aliphatic rings. The molecule has 0 aliphatic heterocycles. The second kappa shape index (κ2) is 8.20. The monoisotopic (exact) mass is 351 g/mol. The molecule has 0 radical (unpaired) electrons. The van der Waals surface area contributed by atoms with Gasteiger partial charge in [-0.05, 0) is 56.3 Å². The van der Waals surface area contributed by atoms with Crippen molar-refractivity contribution in [2.24, 2.45) is 0 Å². The third-order valence-corrected chi connectivity index (χ3v) is 3.71. The van der Waals surface area contributed by atoms with Gasteiger partial charge in [0.05, 0.1) is 24.6 Å². The van der Waals surface area contributed by atoms with E-state index in [-0.39, 0.29) is 5.91 Å². The van der Waals surface area contributed by atoms with E-state index < -0.39 is 0 Å². The highest BCUT2D eigenvalue weighted by Gasteiger charge is 2.12. The molecule has 0 saturated carbocycles. The number of nitrogens with zero attached hydrogens (tertiary/aromatic N) is 2. The van der Waals surface area contributed by atoms with Crippen LogP contribution in [0.3, 0.4) is 0 Å². The van der Waals surface area contributed by atoms with Crippen LogP contribution in [0.2, 0.25) is 0 Å². The van der Waals surface area contributed by atoms with Crippen LogP contribution in [0.1, 0.15) is 24.2 Å². The molecule has 6 nitrogen and oxygen atoms in total. The van der Waals surface area contributed by atoms with E-state index in [9.17, 15) is 4.79 Å². The number of benzene rings is 2. The summed E-state index contributed by atoms with van der Waals surface area (Å²) in [5.41, 5.74) is 2.02. The van der Waals surface area contributed by atoms with E-state index in [1.165, 1.54) is 0 Å². The van der Waals surface area contributed by atoms with Gasteiger partial charge in [0.1, 0.15) is 11.5 Å². The van der Waals surface area contributed by atoms with E-state index in [4.69, 9.17) is 9.47 Å². The lowest BCUT2D eigenvalue weighted by atomic mass is 10.2. The molecule has 0 saturated heterocycles. The van der Waals surface area contributed by atoms with Crippen molar-refractivity contribution in [2.75, 3.05) is 18.5 Å². The smallest absolute Gasteiger partial charge is 0.255 e. The Balaban J connectivity index is 1.79. The lowest BCUT2D eigenvalue weighted by Crippen LogP contribution is -2.13. The Morgan fingerprint density at radius 3 is 2.50 bits per heavy atom. The van der Waals surface area contributed by atoms with E-state index in [0.29, 0.717) is 36.0 Å². The summed E-state index contributed by atoms with van der Waals surface area (Å²) in [5, 5.41) is 7.07. The molecule has 3 rings (SSSR count). The molecular formula is C20H21N3O3. The van der Waals surface area contributed by atoms with Crippen molar-refractivity contribution in [3.8, 4) is 17.2 Å². The summed E-state index contributed by atoms with van der Waals surface area (Å²) in [5.74, 6) is 1.07. The number of amides is 1. The van der Waals surface area contributed by atoms with Gasteiger partial charge in [-0.1, -0.05) is 0 Å². The number of carbonyl (C=O) groups excluding carboxylic acids is 1. The highest BCUT2D eigenvalue weighted by molar-refractivity contribution is 6.05. The lowest BCUT2D eigenvalue weighted by Gasteiger charge is -2.13. The Bertz CT molecular complexity index is 859. The summed E-state index contributed by atoms with van der Waals surface area (Å²) in [6, 6.07) is 14.5. The van der Waals surface area contributed by atoms with Crippen molar-refractivity contribution in [3.63, 3.8) is 0 Å². The van der Waals surface area contributed by atoms with Crippen LogP contribution in [0.25, 0.3) is 5.69 Å². The van der Waals surface area contributed by atoms with E-state index in [0.717, 1.165) is 5.69 Å². The fourth-order valence-corrected chi connectivity index (χ4v) is 2.53. The first-order valence-electron chi connectivity index (χ1n) is 8.52. The number of ether oxygens (including phenoxy) is 2. The third-order valence-electron chi connectivity index (χ3n) is 3.71. The maximum Gasteiger partial charge on any atom is 0.255 e. The zero-order chi connectivity index (χ0) is 18.4. The van der Waals surface area contributed by atoms with Crippen LogP contribution < -0.4 is 14.8 Å². The predicted octanol–water partition coefficient (Wildman–Crippen LogP) is 3.92. The maximum atomic E-state index is 12.6. The zero-order valence-electron chi connectivity index (χ0n) is 14.8. The number of rotatable bonds is 7. The SMILES string of the molecule is CCOc1ccc(OCC)c(NC(=O)c2ccc(-n3cccn3)cc2)c1. The van der Waals surface area contributed by atoms with Crippen LogP contribution in [0.5, 0.6) is 11.5 Å². The summed E-state index contributed by atoms with van der Waals surface area (Å²) >= 11 is 0. The fraction of sp³-hybridized carbons (Fsp3) is 0.200. The van der Waals surface area contributed by atoms with Gasteiger partial charge in [-0.2, -0.15) is 5.10 Å². The van der Waals surface area contributed by atoms with E-state index in [2.05, 4.69) is 10.4 Å². The summed E-state index contributed by atoms with van der Waals surface area (Å²) in [7, 11) is 0. The molecule has 1 amide bonds. The Morgan fingerprint density at radius 2 is 1.85 bits per heavy atom. The van der Waals surface area contributed by atoms with Gasteiger partial charge in [0.2, 0.25) is 0 Å². The largest absolute Gasteiger partial charge is 0.494 e. The minimum Gasteiger partial charge on any atom is -0.494 e. The standard InChI is InChI=1S/C20H21N3O3/c1-3-25-17-10-11-19(26-4-2)18(14-17)22-20(24)15-6-8-16(9-7-15)23-13-5-12-21-23/h5-14H,3-4H2,1-2H3,(H,22,24). The molecule has 0 spiro atoms. The van der Waals surface area contributed by atoms with Crippen molar-refractivity contribution >= 4 is 11.6 Å². The van der Waals surface area contributed by atoms with E-state index in [1.54, 1.807) is 35.1 Å². The van der Waals surface area contributed by atoms with Gasteiger partial charge in [0.15, 0.2) is 0 Å². The lowest BCUT2D eigenvalue weighted by molar-refractivity contribution is 0.102. The highest BCUT2D eigenvalue weighted by Crippen LogP contribution is 2.30. The first kappa shape index (κ1) is 17.5. The summed E-state index contributed by atoms with van der Waals surface area (Å²) in [4.78, 5) is 12.6. The average Bonchev–Trinajstić information content (AvgIpc) is 3.19. The topological polar surface area (TPSA) is 65.4 Å². The number of anilines is 1. The Morgan fingerprint density at radius 1 is 1.08 bits per heavy atom. The first-order chi connectivity index (χ1) is 12.7. The molecule has 2 aromatic carbocycles. The number of carbonyl (C=O) groups is 1. The minimum atomic E-state index is -0.216. The van der Waals surface area contributed by atoms with Crippen LogP contribution in [-0.2, 0) is 0 Å². The van der Waals surface area contributed by atoms with Gasteiger partial charge >= 0.3 is 0 Å². The molecule has 1 N–H and O–H groups in total. The maximum absolute atomic E-state index is 12.6. The molecule has 1 heterocycles. The van der Waals surface area contributed by atoms with E-state index >= 15 is 0 Å². The Kier molecular flexibility index (Phi) is 5.53. The summed E-state index contributed by atoms with van der Waals surface area (Å²) in [6.07, 6.45) is 3.56. The Labute approximate surface area is 152 Å². The molecule has 0 fully saturated rings. The van der Waals surface area contributed by atoms with Gasteiger partial charge in [-0.15, -0.1) is 0 Å². The molecule has 1 aromatic heterocycles. The van der Waals surface area contributed by atoms with Crippen molar-refractivity contribution < 1.29 is 14.3 Å². The number of hydrogen-bond donors (Lipinski definition) is 1. The summed E-state index contributed by atoms with van der Waals surface area (Å²) < 4.78 is 12.8. The normalized spacial score (nSPS) is 10.4. The minimum absolute atomic E-state index is 0.216. The first-order valence-corrected chi connectivity index (χ1v) is 8.52. The quantitative estimate of drug-likeness (QED) is 0.701. The van der Waals surface area contributed by atoms with Crippen molar-refractivity contribution in [1.82, 2.24) is 9.78 Å². The van der Waals surface area contributed by atoms with Gasteiger partial charge < -0.3 is 14.8 Å². The highest BCUT2D eigenvalue weighted by atomic mass is 16.5. The molecule has 0 aliphatic carbocycles. The molecular weight excluding hydrogens is 330 g/mol. The number of hydrogen-bond acceptors (Lipinski definition) is 4. The van der Waals surface area contributed by atoms with Crippen molar-refractivity contribution in [3.05, 3.63) is 66.5 Å². The van der Waals surface area contributed by atoms with Gasteiger partial charge in [-0.25, -0.2) is 4.68 Å². The second-order valence-electron chi connectivity index (χ2n) is 5.48. The molecule has 0 bridgehead atoms. The van der Waals surface area contributed by atoms with Crippen LogP contribution in [0, 0.1) is 0 Å². The zero-order valence-corrected chi connectivity index (χ0v) is 14.8. The molecule has 0 atom stereocenters. The van der Waals surface area contributed by atoms with Gasteiger partial charge in [0.25, 0.3) is 5.91 Å². The third kappa shape index (κ3) is 4.03.